The molecular weight excluding hydrogens is 432 g/mol. The van der Waals surface area contributed by atoms with Crippen LogP contribution in [0.15, 0.2) is 42.5 Å². The molecule has 1 aliphatic rings. The maximum atomic E-state index is 12.9. The zero-order valence-corrected chi connectivity index (χ0v) is 19.5. The van der Waals surface area contributed by atoms with E-state index < -0.39 is 9.84 Å². The van der Waals surface area contributed by atoms with E-state index in [9.17, 15) is 13.2 Å². The van der Waals surface area contributed by atoms with Gasteiger partial charge in [-0.1, -0.05) is 18.2 Å². The van der Waals surface area contributed by atoms with Gasteiger partial charge in [0.2, 0.25) is 0 Å². The zero-order chi connectivity index (χ0) is 23.1. The van der Waals surface area contributed by atoms with Crippen LogP contribution in [0.25, 0.3) is 0 Å². The lowest BCUT2D eigenvalue weighted by Gasteiger charge is -2.35. The number of nitrogens with one attached hydrogen (secondary N) is 1. The van der Waals surface area contributed by atoms with Crippen LogP contribution in [0.1, 0.15) is 27.5 Å². The minimum absolute atomic E-state index is 0.0816. The molecule has 0 saturated carbocycles. The van der Waals surface area contributed by atoms with Crippen molar-refractivity contribution >= 4 is 15.7 Å². The van der Waals surface area contributed by atoms with E-state index in [0.29, 0.717) is 42.4 Å². The number of rotatable bonds is 9. The molecule has 1 heterocycles. The Labute approximate surface area is 189 Å². The largest absolute Gasteiger partial charge is 0.493 e. The minimum Gasteiger partial charge on any atom is -0.493 e. The Kier molecular flexibility index (Phi) is 8.11. The van der Waals surface area contributed by atoms with Crippen LogP contribution in [-0.2, 0) is 20.3 Å². The van der Waals surface area contributed by atoms with Gasteiger partial charge in [0.05, 0.1) is 39.2 Å². The predicted octanol–water partition coefficient (Wildman–Crippen LogP) is 2.05. The van der Waals surface area contributed by atoms with Crippen LogP contribution in [-0.4, -0.2) is 72.5 Å². The molecule has 3 rings (SSSR count). The molecule has 1 unspecified atom stereocenters. The van der Waals surface area contributed by atoms with E-state index >= 15 is 0 Å². The van der Waals surface area contributed by atoms with Crippen LogP contribution >= 0.6 is 0 Å². The first kappa shape index (κ1) is 24.0. The lowest BCUT2D eigenvalue weighted by atomic mass is 10.0. The minimum atomic E-state index is -3.18. The fourth-order valence-corrected chi connectivity index (χ4v) is 4.59. The Morgan fingerprint density at radius 2 is 1.81 bits per heavy atom. The number of benzene rings is 2. The average molecular weight is 463 g/mol. The second-order valence-corrected chi connectivity index (χ2v) is 9.90. The number of carbonyl (C=O) groups is 1. The summed E-state index contributed by atoms with van der Waals surface area (Å²) in [6, 6.07) is 12.4. The van der Waals surface area contributed by atoms with Crippen LogP contribution in [0, 0.1) is 0 Å². The van der Waals surface area contributed by atoms with Gasteiger partial charge < -0.3 is 19.5 Å². The molecule has 2 aromatic carbocycles. The van der Waals surface area contributed by atoms with Crippen molar-refractivity contribution in [1.82, 2.24) is 10.2 Å². The highest BCUT2D eigenvalue weighted by atomic mass is 32.2. The van der Waals surface area contributed by atoms with Crippen molar-refractivity contribution in [3.05, 3.63) is 59.2 Å². The Morgan fingerprint density at radius 1 is 1.09 bits per heavy atom. The number of methoxy groups -OCH3 is 2. The van der Waals surface area contributed by atoms with Crippen LogP contribution in [0.4, 0.5) is 0 Å². The van der Waals surface area contributed by atoms with Gasteiger partial charge in [-0.25, -0.2) is 8.42 Å². The summed E-state index contributed by atoms with van der Waals surface area (Å²) in [6.45, 7) is 3.14. The van der Waals surface area contributed by atoms with E-state index in [4.69, 9.17) is 14.2 Å². The number of morpholine rings is 1. The zero-order valence-electron chi connectivity index (χ0n) is 18.7. The molecule has 1 saturated heterocycles. The quantitative estimate of drug-likeness (QED) is 0.610. The molecule has 0 aromatic heterocycles. The predicted molar refractivity (Wildman–Crippen MR) is 122 cm³/mol. The van der Waals surface area contributed by atoms with Gasteiger partial charge >= 0.3 is 0 Å². The summed E-state index contributed by atoms with van der Waals surface area (Å²) < 4.78 is 39.5. The Morgan fingerprint density at radius 3 is 2.47 bits per heavy atom. The molecule has 0 spiro atoms. The molecule has 1 atom stereocenters. The highest BCUT2D eigenvalue weighted by Crippen LogP contribution is 2.32. The maximum absolute atomic E-state index is 12.9. The van der Waals surface area contributed by atoms with Crippen LogP contribution in [0.5, 0.6) is 11.5 Å². The van der Waals surface area contributed by atoms with E-state index in [2.05, 4.69) is 10.2 Å². The van der Waals surface area contributed by atoms with Crippen molar-refractivity contribution in [1.29, 1.82) is 0 Å². The summed E-state index contributed by atoms with van der Waals surface area (Å²) >= 11 is 0. The second kappa shape index (κ2) is 10.8. The number of carbonyl (C=O) groups excluding carboxylic acids is 1. The summed E-state index contributed by atoms with van der Waals surface area (Å²) in [4.78, 5) is 15.1. The summed E-state index contributed by atoms with van der Waals surface area (Å²) in [7, 11) is 0.00561. The summed E-state index contributed by atoms with van der Waals surface area (Å²) in [5, 5.41) is 3.01. The van der Waals surface area contributed by atoms with Crippen LogP contribution in [0.3, 0.4) is 0 Å². The Hall–Kier alpha value is -2.62. The van der Waals surface area contributed by atoms with Crippen molar-refractivity contribution in [2.45, 2.75) is 11.8 Å². The number of hydrogen-bond donors (Lipinski definition) is 1. The fraction of sp³-hybridized carbons (Fsp3) is 0.435. The molecule has 1 N–H and O–H groups in total. The standard InChI is InChI=1S/C23H30N2O6S/c1-29-21-8-7-18(14-22(21)30-2)20(25-9-11-31-12-10-25)15-24-23(26)19-6-4-5-17(13-19)16-32(3,27)28/h4-8,13-14,20H,9-12,15-16H2,1-3H3,(H,24,26). The lowest BCUT2D eigenvalue weighted by Crippen LogP contribution is -2.43. The van der Waals surface area contributed by atoms with E-state index in [1.165, 1.54) is 6.26 Å². The van der Waals surface area contributed by atoms with Gasteiger partial charge in [0.15, 0.2) is 21.3 Å². The molecule has 0 aliphatic carbocycles. The number of nitrogens with zero attached hydrogens (tertiary/aromatic N) is 1. The van der Waals surface area contributed by atoms with Gasteiger partial charge in [0.1, 0.15) is 0 Å². The average Bonchev–Trinajstić information content (AvgIpc) is 2.78. The number of hydrogen-bond acceptors (Lipinski definition) is 7. The van der Waals surface area contributed by atoms with Gasteiger partial charge in [-0.05, 0) is 35.4 Å². The van der Waals surface area contributed by atoms with Gasteiger partial charge in [-0.15, -0.1) is 0 Å². The van der Waals surface area contributed by atoms with E-state index in [1.54, 1.807) is 38.5 Å². The van der Waals surface area contributed by atoms with E-state index in [0.717, 1.165) is 18.7 Å². The van der Waals surface area contributed by atoms with E-state index in [1.807, 2.05) is 18.2 Å². The van der Waals surface area contributed by atoms with Gasteiger partial charge in [0, 0.05) is 31.5 Å². The molecule has 1 amide bonds. The summed E-state index contributed by atoms with van der Waals surface area (Å²) in [6.07, 6.45) is 1.18. The third-order valence-corrected chi connectivity index (χ3v) is 6.21. The van der Waals surface area contributed by atoms with Crippen molar-refractivity contribution in [3.63, 3.8) is 0 Å². The number of amides is 1. The van der Waals surface area contributed by atoms with Crippen molar-refractivity contribution in [3.8, 4) is 11.5 Å². The van der Waals surface area contributed by atoms with Gasteiger partial charge in [0.25, 0.3) is 5.91 Å². The first-order valence-electron chi connectivity index (χ1n) is 10.4. The second-order valence-electron chi connectivity index (χ2n) is 7.76. The molecule has 8 nitrogen and oxygen atoms in total. The molecular formula is C23H30N2O6S. The van der Waals surface area contributed by atoms with Gasteiger partial charge in [-0.3, -0.25) is 9.69 Å². The first-order chi connectivity index (χ1) is 15.3. The third kappa shape index (κ3) is 6.44. The molecule has 1 fully saturated rings. The molecule has 32 heavy (non-hydrogen) atoms. The van der Waals surface area contributed by atoms with E-state index in [-0.39, 0.29) is 17.7 Å². The molecule has 0 radical (unpaired) electrons. The number of ether oxygens (including phenoxy) is 3. The van der Waals surface area contributed by atoms with Gasteiger partial charge in [-0.2, -0.15) is 0 Å². The topological polar surface area (TPSA) is 94.2 Å². The molecule has 2 aromatic rings. The fourth-order valence-electron chi connectivity index (χ4n) is 3.80. The number of sulfone groups is 1. The van der Waals surface area contributed by atoms with Crippen LogP contribution < -0.4 is 14.8 Å². The molecule has 0 bridgehead atoms. The maximum Gasteiger partial charge on any atom is 0.251 e. The molecule has 9 heteroatoms. The van der Waals surface area contributed by atoms with Crippen LogP contribution in [0.2, 0.25) is 0 Å². The Balaban J connectivity index is 1.79. The molecule has 1 aliphatic heterocycles. The SMILES string of the molecule is COc1ccc(C(CNC(=O)c2cccc(CS(C)(=O)=O)c2)N2CCOCC2)cc1OC. The smallest absolute Gasteiger partial charge is 0.251 e. The van der Waals surface area contributed by atoms with Crippen molar-refractivity contribution in [2.75, 3.05) is 53.3 Å². The summed E-state index contributed by atoms with van der Waals surface area (Å²) in [5.74, 6) is 0.918. The van der Waals surface area contributed by atoms with Crippen molar-refractivity contribution in [2.24, 2.45) is 0 Å². The third-order valence-electron chi connectivity index (χ3n) is 5.35. The monoisotopic (exact) mass is 462 g/mol. The highest BCUT2D eigenvalue weighted by Gasteiger charge is 2.24. The Bertz CT molecular complexity index is 1030. The molecule has 174 valence electrons. The lowest BCUT2D eigenvalue weighted by molar-refractivity contribution is 0.0162. The first-order valence-corrected chi connectivity index (χ1v) is 12.5. The summed E-state index contributed by atoms with van der Waals surface area (Å²) in [5.41, 5.74) is 2.01. The normalized spacial score (nSPS) is 15.7. The van der Waals surface area contributed by atoms with Crippen molar-refractivity contribution < 1.29 is 27.4 Å². The highest BCUT2D eigenvalue weighted by molar-refractivity contribution is 7.89.